The third-order valence-electron chi connectivity index (χ3n) is 4.05. The molecule has 1 aliphatic carbocycles. The topological polar surface area (TPSA) is 85.1 Å². The number of nitrogen functional groups attached to an aromatic ring is 1. The Hall–Kier alpha value is -1.60. The van der Waals surface area contributed by atoms with Crippen molar-refractivity contribution in [2.24, 2.45) is 0 Å². The van der Waals surface area contributed by atoms with Crippen molar-refractivity contribution < 1.29 is 8.42 Å². The fourth-order valence-electron chi connectivity index (χ4n) is 2.95. The molecule has 0 radical (unpaired) electrons. The van der Waals surface area contributed by atoms with Gasteiger partial charge in [0.1, 0.15) is 0 Å². The van der Waals surface area contributed by atoms with Crippen molar-refractivity contribution in [2.45, 2.75) is 32.1 Å². The molecule has 1 aliphatic rings. The number of thiazole rings is 1. The van der Waals surface area contributed by atoms with Gasteiger partial charge in [-0.2, -0.15) is 0 Å². The number of anilines is 2. The minimum atomic E-state index is -3.27. The van der Waals surface area contributed by atoms with Crippen LogP contribution in [-0.2, 0) is 16.4 Å². The van der Waals surface area contributed by atoms with E-state index in [0.717, 1.165) is 36.1 Å². The molecular formula is C15H19N3O2S2. The summed E-state index contributed by atoms with van der Waals surface area (Å²) >= 11 is 1.45. The maximum atomic E-state index is 11.9. The molecule has 22 heavy (non-hydrogen) atoms. The Morgan fingerprint density at radius 2 is 2.27 bits per heavy atom. The number of hydrogen-bond donors (Lipinski definition) is 2. The molecule has 2 aromatic rings. The summed E-state index contributed by atoms with van der Waals surface area (Å²) in [6, 6.07) is 5.81. The number of fused-ring (bicyclic) bond motifs is 1. The lowest BCUT2D eigenvalue weighted by Gasteiger charge is -2.26. The highest BCUT2D eigenvalue weighted by molar-refractivity contribution is 7.92. The molecule has 0 bridgehead atoms. The van der Waals surface area contributed by atoms with E-state index in [9.17, 15) is 8.42 Å². The van der Waals surface area contributed by atoms with Gasteiger partial charge in [0.2, 0.25) is 10.0 Å². The Morgan fingerprint density at radius 3 is 2.95 bits per heavy atom. The molecule has 118 valence electrons. The number of nitrogens with two attached hydrogens (primary N) is 1. The number of hydrogen-bond acceptors (Lipinski definition) is 5. The molecule has 1 aromatic heterocycles. The van der Waals surface area contributed by atoms with Crippen LogP contribution in [0.3, 0.4) is 0 Å². The minimum Gasteiger partial charge on any atom is -0.375 e. The van der Waals surface area contributed by atoms with E-state index in [2.05, 4.69) is 15.8 Å². The van der Waals surface area contributed by atoms with Crippen molar-refractivity contribution in [3.8, 4) is 0 Å². The van der Waals surface area contributed by atoms with Crippen molar-refractivity contribution in [2.75, 3.05) is 16.2 Å². The molecule has 1 atom stereocenters. The van der Waals surface area contributed by atoms with Crippen LogP contribution in [0.4, 0.5) is 10.8 Å². The van der Waals surface area contributed by atoms with Gasteiger partial charge in [0.15, 0.2) is 5.13 Å². The molecule has 0 amide bonds. The quantitative estimate of drug-likeness (QED) is 0.898. The Labute approximate surface area is 134 Å². The number of benzene rings is 1. The Balaban J connectivity index is 2.02. The summed E-state index contributed by atoms with van der Waals surface area (Å²) < 4.78 is 26.4. The summed E-state index contributed by atoms with van der Waals surface area (Å²) in [4.78, 5) is 4.41. The molecule has 3 N–H and O–H groups in total. The molecule has 7 heteroatoms. The smallest absolute Gasteiger partial charge is 0.232 e. The van der Waals surface area contributed by atoms with Crippen LogP contribution in [0.2, 0.25) is 0 Å². The third-order valence-corrected chi connectivity index (χ3v) is 6.03. The van der Waals surface area contributed by atoms with Gasteiger partial charge >= 0.3 is 0 Å². The van der Waals surface area contributed by atoms with Crippen LogP contribution in [0.5, 0.6) is 0 Å². The molecular weight excluding hydrogens is 318 g/mol. The van der Waals surface area contributed by atoms with Crippen molar-refractivity contribution in [3.05, 3.63) is 40.4 Å². The van der Waals surface area contributed by atoms with E-state index in [0.29, 0.717) is 10.8 Å². The summed E-state index contributed by atoms with van der Waals surface area (Å²) in [6.45, 7) is 1.64. The summed E-state index contributed by atoms with van der Waals surface area (Å²) in [5, 5.41) is 2.57. The zero-order chi connectivity index (χ0) is 15.7. The van der Waals surface area contributed by atoms with E-state index in [-0.39, 0.29) is 11.7 Å². The molecule has 0 spiro atoms. The molecule has 0 saturated carbocycles. The first-order chi connectivity index (χ1) is 10.5. The standard InChI is InChI=1S/C15H19N3O2S2/c1-2-22(19,20)18-13-8-4-5-10-11(13)6-3-7-12(10)14-9-21-15(16)17-14/h4-5,8-9,12,18H,2-3,6-7H2,1H3,(H2,16,17). The first kappa shape index (κ1) is 15.3. The summed E-state index contributed by atoms with van der Waals surface area (Å²) in [5.41, 5.74) is 9.68. The average Bonchev–Trinajstić information content (AvgIpc) is 2.93. The van der Waals surface area contributed by atoms with Crippen LogP contribution in [0, 0.1) is 0 Å². The predicted molar refractivity (Wildman–Crippen MR) is 90.8 cm³/mol. The number of sulfonamides is 1. The molecule has 0 aliphatic heterocycles. The normalized spacial score (nSPS) is 18.0. The number of nitrogens with one attached hydrogen (secondary N) is 1. The van der Waals surface area contributed by atoms with E-state index in [1.807, 2.05) is 17.5 Å². The first-order valence-corrected chi connectivity index (χ1v) is 9.86. The second-order valence-electron chi connectivity index (χ2n) is 5.43. The number of nitrogens with zero attached hydrogens (tertiary/aromatic N) is 1. The molecule has 5 nitrogen and oxygen atoms in total. The molecule has 1 unspecified atom stereocenters. The maximum Gasteiger partial charge on any atom is 0.232 e. The molecule has 1 aromatic carbocycles. The largest absolute Gasteiger partial charge is 0.375 e. The predicted octanol–water partition coefficient (Wildman–Crippen LogP) is 2.96. The lowest BCUT2D eigenvalue weighted by molar-refractivity contribution is 0.600. The molecule has 0 saturated heterocycles. The van der Waals surface area contributed by atoms with Gasteiger partial charge in [-0.05, 0) is 43.4 Å². The highest BCUT2D eigenvalue weighted by atomic mass is 32.2. The minimum absolute atomic E-state index is 0.0721. The van der Waals surface area contributed by atoms with Gasteiger partial charge in [-0.3, -0.25) is 4.72 Å². The lowest BCUT2D eigenvalue weighted by Crippen LogP contribution is -2.19. The van der Waals surface area contributed by atoms with Crippen molar-refractivity contribution in [1.82, 2.24) is 4.98 Å². The van der Waals surface area contributed by atoms with Crippen LogP contribution < -0.4 is 10.5 Å². The second kappa shape index (κ2) is 5.89. The average molecular weight is 337 g/mol. The first-order valence-electron chi connectivity index (χ1n) is 7.33. The Morgan fingerprint density at radius 1 is 1.45 bits per heavy atom. The monoisotopic (exact) mass is 337 g/mol. The van der Waals surface area contributed by atoms with Crippen LogP contribution >= 0.6 is 11.3 Å². The van der Waals surface area contributed by atoms with Crippen LogP contribution in [0.1, 0.15) is 42.5 Å². The van der Waals surface area contributed by atoms with E-state index in [1.54, 1.807) is 6.92 Å². The lowest BCUT2D eigenvalue weighted by atomic mass is 9.81. The van der Waals surface area contributed by atoms with Crippen molar-refractivity contribution in [3.63, 3.8) is 0 Å². The van der Waals surface area contributed by atoms with Gasteiger partial charge in [0.25, 0.3) is 0 Å². The Bertz CT molecular complexity index is 784. The molecule has 0 fully saturated rings. The van der Waals surface area contributed by atoms with Gasteiger partial charge in [0.05, 0.1) is 17.1 Å². The SMILES string of the molecule is CCS(=O)(=O)Nc1cccc2c1CCCC2c1csc(N)n1. The van der Waals surface area contributed by atoms with Crippen LogP contribution in [0.15, 0.2) is 23.6 Å². The van der Waals surface area contributed by atoms with Crippen molar-refractivity contribution in [1.29, 1.82) is 0 Å². The van der Waals surface area contributed by atoms with E-state index < -0.39 is 10.0 Å². The van der Waals surface area contributed by atoms with Gasteiger partial charge in [-0.15, -0.1) is 11.3 Å². The summed E-state index contributed by atoms with van der Waals surface area (Å²) in [6.07, 6.45) is 2.91. The van der Waals surface area contributed by atoms with E-state index in [4.69, 9.17) is 5.73 Å². The zero-order valence-electron chi connectivity index (χ0n) is 12.4. The third kappa shape index (κ3) is 2.96. The van der Waals surface area contributed by atoms with Crippen LogP contribution in [0.25, 0.3) is 0 Å². The summed E-state index contributed by atoms with van der Waals surface area (Å²) in [7, 11) is -3.27. The van der Waals surface area contributed by atoms with Gasteiger partial charge in [0, 0.05) is 11.3 Å². The number of rotatable bonds is 4. The number of aromatic nitrogens is 1. The second-order valence-corrected chi connectivity index (χ2v) is 8.33. The highest BCUT2D eigenvalue weighted by Crippen LogP contribution is 2.40. The fourth-order valence-corrected chi connectivity index (χ4v) is 4.24. The molecule has 1 heterocycles. The van der Waals surface area contributed by atoms with E-state index >= 15 is 0 Å². The summed E-state index contributed by atoms with van der Waals surface area (Å²) in [5.74, 6) is 0.270. The van der Waals surface area contributed by atoms with Gasteiger partial charge in [-0.1, -0.05) is 12.1 Å². The van der Waals surface area contributed by atoms with Gasteiger partial charge in [-0.25, -0.2) is 13.4 Å². The fraction of sp³-hybridized carbons (Fsp3) is 0.400. The van der Waals surface area contributed by atoms with Crippen molar-refractivity contribution >= 4 is 32.2 Å². The maximum absolute atomic E-state index is 11.9. The zero-order valence-corrected chi connectivity index (χ0v) is 14.0. The van der Waals surface area contributed by atoms with Crippen LogP contribution in [-0.4, -0.2) is 19.2 Å². The highest BCUT2D eigenvalue weighted by Gasteiger charge is 2.26. The Kier molecular flexibility index (Phi) is 4.10. The van der Waals surface area contributed by atoms with E-state index in [1.165, 1.54) is 11.3 Å². The molecule has 3 rings (SSSR count). The van der Waals surface area contributed by atoms with Gasteiger partial charge < -0.3 is 5.73 Å².